The van der Waals surface area contributed by atoms with Gasteiger partial charge in [-0.25, -0.2) is 8.42 Å². The zero-order valence-corrected chi connectivity index (χ0v) is 12.2. The highest BCUT2D eigenvalue weighted by Crippen LogP contribution is 2.17. The number of sulfone groups is 1. The number of ether oxygens (including phenoxy) is 1. The van der Waals surface area contributed by atoms with Crippen molar-refractivity contribution in [3.05, 3.63) is 29.8 Å². The molecule has 108 valence electrons. The first-order valence-corrected chi connectivity index (χ1v) is 8.16. The van der Waals surface area contributed by atoms with Gasteiger partial charge in [-0.3, -0.25) is 0 Å². The SMILES string of the molecule is CC1(NCCS(=O)(=O)c2ccc(C#N)cc2)CCOC1. The minimum atomic E-state index is -3.32. The Morgan fingerprint density at radius 3 is 2.65 bits per heavy atom. The standard InChI is InChI=1S/C14H18N2O3S/c1-14(6-8-19-11-14)16-7-9-20(17,18)13-4-2-12(10-15)3-5-13/h2-5,16H,6-9,11H2,1H3. The first-order valence-electron chi connectivity index (χ1n) is 6.51. The summed E-state index contributed by atoms with van der Waals surface area (Å²) in [7, 11) is -3.32. The Labute approximate surface area is 119 Å². The van der Waals surface area contributed by atoms with Gasteiger partial charge in [-0.2, -0.15) is 5.26 Å². The van der Waals surface area contributed by atoms with E-state index < -0.39 is 9.84 Å². The fourth-order valence-electron chi connectivity index (χ4n) is 2.15. The Hall–Kier alpha value is -1.42. The first kappa shape index (κ1) is 15.0. The molecular formula is C14H18N2O3S. The van der Waals surface area contributed by atoms with Crippen molar-refractivity contribution in [3.8, 4) is 6.07 Å². The van der Waals surface area contributed by atoms with E-state index in [2.05, 4.69) is 5.32 Å². The maximum absolute atomic E-state index is 12.2. The van der Waals surface area contributed by atoms with Crippen molar-refractivity contribution in [2.45, 2.75) is 23.8 Å². The summed E-state index contributed by atoms with van der Waals surface area (Å²) in [6.07, 6.45) is 0.893. The molecule has 0 bridgehead atoms. The van der Waals surface area contributed by atoms with Gasteiger partial charge in [-0.15, -0.1) is 0 Å². The Kier molecular flexibility index (Phi) is 4.43. The van der Waals surface area contributed by atoms with Crippen LogP contribution < -0.4 is 5.32 Å². The molecule has 1 fully saturated rings. The van der Waals surface area contributed by atoms with Crippen LogP contribution in [0.25, 0.3) is 0 Å². The normalized spacial score (nSPS) is 22.6. The first-order chi connectivity index (χ1) is 9.45. The van der Waals surface area contributed by atoms with E-state index in [0.717, 1.165) is 6.42 Å². The van der Waals surface area contributed by atoms with Crippen LogP contribution in [-0.2, 0) is 14.6 Å². The smallest absolute Gasteiger partial charge is 0.179 e. The summed E-state index contributed by atoms with van der Waals surface area (Å²) >= 11 is 0. The molecule has 1 aliphatic heterocycles. The van der Waals surface area contributed by atoms with Gasteiger partial charge >= 0.3 is 0 Å². The summed E-state index contributed by atoms with van der Waals surface area (Å²) in [5.41, 5.74) is 0.331. The van der Waals surface area contributed by atoms with Gasteiger partial charge in [-0.05, 0) is 37.6 Å². The van der Waals surface area contributed by atoms with E-state index in [1.165, 1.54) is 24.3 Å². The quantitative estimate of drug-likeness (QED) is 0.879. The maximum Gasteiger partial charge on any atom is 0.179 e. The number of nitrogens with one attached hydrogen (secondary N) is 1. The molecule has 0 saturated carbocycles. The fraction of sp³-hybridized carbons (Fsp3) is 0.500. The molecule has 1 aromatic rings. The van der Waals surface area contributed by atoms with E-state index in [1.54, 1.807) is 0 Å². The van der Waals surface area contributed by atoms with Crippen LogP contribution >= 0.6 is 0 Å². The van der Waals surface area contributed by atoms with Gasteiger partial charge in [0.2, 0.25) is 0 Å². The van der Waals surface area contributed by atoms with Gasteiger partial charge in [0.15, 0.2) is 9.84 Å². The highest BCUT2D eigenvalue weighted by molar-refractivity contribution is 7.91. The van der Waals surface area contributed by atoms with Gasteiger partial charge in [0, 0.05) is 18.7 Å². The second-order valence-corrected chi connectivity index (χ2v) is 7.35. The number of hydrogen-bond donors (Lipinski definition) is 1. The van der Waals surface area contributed by atoms with Crippen molar-refractivity contribution in [1.29, 1.82) is 5.26 Å². The Balaban J connectivity index is 1.95. The van der Waals surface area contributed by atoms with Crippen LogP contribution in [0.3, 0.4) is 0 Å². The third-order valence-electron chi connectivity index (χ3n) is 3.48. The van der Waals surface area contributed by atoms with Crippen LogP contribution in [0.15, 0.2) is 29.2 Å². The van der Waals surface area contributed by atoms with Crippen LogP contribution in [0, 0.1) is 11.3 Å². The molecule has 1 aromatic carbocycles. The maximum atomic E-state index is 12.2. The minimum absolute atomic E-state index is 0.0362. The van der Waals surface area contributed by atoms with Gasteiger partial charge in [-0.1, -0.05) is 0 Å². The molecule has 0 spiro atoms. The van der Waals surface area contributed by atoms with Crippen molar-refractivity contribution in [2.75, 3.05) is 25.5 Å². The van der Waals surface area contributed by atoms with Crippen molar-refractivity contribution < 1.29 is 13.2 Å². The summed E-state index contributed by atoms with van der Waals surface area (Å²) in [4.78, 5) is 0.256. The van der Waals surface area contributed by atoms with E-state index in [1.807, 2.05) is 13.0 Å². The van der Waals surface area contributed by atoms with Gasteiger partial charge in [0.1, 0.15) is 0 Å². The number of nitriles is 1. The van der Waals surface area contributed by atoms with Gasteiger partial charge in [0.25, 0.3) is 0 Å². The van der Waals surface area contributed by atoms with Crippen molar-refractivity contribution >= 4 is 9.84 Å². The molecule has 1 unspecified atom stereocenters. The Bertz CT molecular complexity index is 596. The number of nitrogens with zero attached hydrogens (tertiary/aromatic N) is 1. The van der Waals surface area contributed by atoms with E-state index in [9.17, 15) is 8.42 Å². The van der Waals surface area contributed by atoms with Crippen molar-refractivity contribution in [3.63, 3.8) is 0 Å². The number of hydrogen-bond acceptors (Lipinski definition) is 5. The molecule has 1 atom stereocenters. The molecule has 0 amide bonds. The molecule has 1 N–H and O–H groups in total. The summed E-state index contributed by atoms with van der Waals surface area (Å²) in [6, 6.07) is 7.97. The highest BCUT2D eigenvalue weighted by atomic mass is 32.2. The number of rotatable bonds is 5. The molecule has 6 heteroatoms. The van der Waals surface area contributed by atoms with Crippen LogP contribution in [0.2, 0.25) is 0 Å². The third-order valence-corrected chi connectivity index (χ3v) is 5.22. The monoisotopic (exact) mass is 294 g/mol. The van der Waals surface area contributed by atoms with Crippen LogP contribution in [0.1, 0.15) is 18.9 Å². The van der Waals surface area contributed by atoms with Crippen LogP contribution in [0.4, 0.5) is 0 Å². The average molecular weight is 294 g/mol. The molecule has 1 heterocycles. The lowest BCUT2D eigenvalue weighted by Crippen LogP contribution is -2.44. The lowest BCUT2D eigenvalue weighted by molar-refractivity contribution is 0.172. The van der Waals surface area contributed by atoms with Crippen molar-refractivity contribution in [1.82, 2.24) is 5.32 Å². The topological polar surface area (TPSA) is 79.2 Å². The van der Waals surface area contributed by atoms with Gasteiger partial charge in [0.05, 0.1) is 28.9 Å². The zero-order valence-electron chi connectivity index (χ0n) is 11.4. The fourth-order valence-corrected chi connectivity index (χ4v) is 3.31. The highest BCUT2D eigenvalue weighted by Gasteiger charge is 2.29. The molecule has 2 rings (SSSR count). The van der Waals surface area contributed by atoms with E-state index in [0.29, 0.717) is 25.3 Å². The molecule has 1 aliphatic rings. The largest absolute Gasteiger partial charge is 0.379 e. The van der Waals surface area contributed by atoms with E-state index in [4.69, 9.17) is 10.00 Å². The minimum Gasteiger partial charge on any atom is -0.379 e. The van der Waals surface area contributed by atoms with Crippen LogP contribution in [0.5, 0.6) is 0 Å². The Morgan fingerprint density at radius 1 is 1.40 bits per heavy atom. The molecule has 0 radical (unpaired) electrons. The number of benzene rings is 1. The molecule has 1 saturated heterocycles. The summed E-state index contributed by atoms with van der Waals surface area (Å²) < 4.78 is 29.6. The Morgan fingerprint density at radius 2 is 2.10 bits per heavy atom. The second-order valence-electron chi connectivity index (χ2n) is 5.25. The lowest BCUT2D eigenvalue weighted by Gasteiger charge is -2.23. The molecular weight excluding hydrogens is 276 g/mol. The van der Waals surface area contributed by atoms with E-state index in [-0.39, 0.29) is 16.2 Å². The molecule has 0 aliphatic carbocycles. The average Bonchev–Trinajstić information content (AvgIpc) is 2.85. The zero-order chi connectivity index (χ0) is 14.6. The van der Waals surface area contributed by atoms with Gasteiger partial charge < -0.3 is 10.1 Å². The lowest BCUT2D eigenvalue weighted by atomic mass is 10.0. The molecule has 0 aromatic heterocycles. The summed E-state index contributed by atoms with van der Waals surface area (Å²) in [5.74, 6) is 0.0362. The predicted octanol–water partition coefficient (Wildman–Crippen LogP) is 1.10. The third kappa shape index (κ3) is 3.57. The van der Waals surface area contributed by atoms with Crippen molar-refractivity contribution in [2.24, 2.45) is 0 Å². The summed E-state index contributed by atoms with van der Waals surface area (Å²) in [6.45, 7) is 3.76. The molecule has 20 heavy (non-hydrogen) atoms. The molecule has 5 nitrogen and oxygen atoms in total. The predicted molar refractivity (Wildman–Crippen MR) is 75.1 cm³/mol. The summed E-state index contributed by atoms with van der Waals surface area (Å²) in [5, 5.41) is 12.0. The van der Waals surface area contributed by atoms with E-state index >= 15 is 0 Å². The van der Waals surface area contributed by atoms with Crippen LogP contribution in [-0.4, -0.2) is 39.5 Å². The second kappa shape index (κ2) is 5.92.